The molecule has 0 atom stereocenters. The lowest BCUT2D eigenvalue weighted by molar-refractivity contribution is -0.119. The molecule has 0 radical (unpaired) electrons. The lowest BCUT2D eigenvalue weighted by atomic mass is 10.2. The van der Waals surface area contributed by atoms with Gasteiger partial charge in [-0.3, -0.25) is 4.79 Å². The van der Waals surface area contributed by atoms with Crippen LogP contribution in [0.15, 0.2) is 41.8 Å². The number of hydrogen-bond acceptors (Lipinski definition) is 4. The third kappa shape index (κ3) is 3.30. The molecular formula is C19H21N3O3S. The Morgan fingerprint density at radius 1 is 1.15 bits per heavy atom. The number of aromatic nitrogens is 1. The molecule has 0 spiro atoms. The first-order valence-electron chi connectivity index (χ1n) is 8.30. The van der Waals surface area contributed by atoms with Gasteiger partial charge in [0.15, 0.2) is 0 Å². The molecule has 0 aliphatic carbocycles. The molecule has 0 saturated carbocycles. The zero-order chi connectivity index (χ0) is 18.8. The van der Waals surface area contributed by atoms with Crippen LogP contribution in [0.3, 0.4) is 0 Å². The molecule has 1 N–H and O–H groups in total. The number of nitrogens with zero attached hydrogens (tertiary/aromatic N) is 3. The average Bonchev–Trinajstić information content (AvgIpc) is 3.18. The van der Waals surface area contributed by atoms with Crippen molar-refractivity contribution < 1.29 is 14.7 Å². The van der Waals surface area contributed by atoms with E-state index in [1.165, 1.54) is 11.3 Å². The van der Waals surface area contributed by atoms with Crippen LogP contribution in [0.5, 0.6) is 0 Å². The maximum Gasteiger partial charge on any atom is 0.352 e. The molecule has 3 rings (SSSR count). The molecule has 2 aromatic heterocycles. The van der Waals surface area contributed by atoms with Crippen molar-refractivity contribution in [2.24, 2.45) is 0 Å². The Morgan fingerprint density at radius 2 is 1.88 bits per heavy atom. The number of carboxylic acids is 1. The van der Waals surface area contributed by atoms with Gasteiger partial charge in [0.05, 0.1) is 10.2 Å². The normalized spacial score (nSPS) is 10.9. The molecule has 0 fully saturated rings. The van der Waals surface area contributed by atoms with E-state index < -0.39 is 5.97 Å². The number of anilines is 2. The first kappa shape index (κ1) is 18.0. The maximum absolute atomic E-state index is 13.0. The van der Waals surface area contributed by atoms with Crippen molar-refractivity contribution >= 4 is 44.8 Å². The van der Waals surface area contributed by atoms with E-state index in [0.717, 1.165) is 21.6 Å². The molecular weight excluding hydrogens is 350 g/mol. The van der Waals surface area contributed by atoms with Crippen LogP contribution in [0.1, 0.15) is 17.4 Å². The summed E-state index contributed by atoms with van der Waals surface area (Å²) in [6.45, 7) is 2.41. The number of carbonyl (C=O) groups excluding carboxylic acids is 1. The zero-order valence-electron chi connectivity index (χ0n) is 15.0. The van der Waals surface area contributed by atoms with Gasteiger partial charge in [0.1, 0.15) is 12.2 Å². The van der Waals surface area contributed by atoms with Crippen LogP contribution in [-0.2, 0) is 11.3 Å². The fourth-order valence-electron chi connectivity index (χ4n) is 2.99. The molecule has 0 saturated heterocycles. The largest absolute Gasteiger partial charge is 0.477 e. The van der Waals surface area contributed by atoms with Crippen molar-refractivity contribution in [1.29, 1.82) is 0 Å². The van der Waals surface area contributed by atoms with Gasteiger partial charge in [-0.05, 0) is 42.6 Å². The molecule has 0 bridgehead atoms. The second kappa shape index (κ2) is 7.21. The highest BCUT2D eigenvalue weighted by molar-refractivity contribution is 7.17. The molecule has 1 amide bonds. The fourth-order valence-corrected chi connectivity index (χ4v) is 3.81. The minimum absolute atomic E-state index is 0.0120. The molecule has 3 aromatic rings. The maximum atomic E-state index is 13.0. The Morgan fingerprint density at radius 3 is 2.54 bits per heavy atom. The number of carbonyl (C=O) groups is 2. The third-order valence-electron chi connectivity index (χ3n) is 4.31. The summed E-state index contributed by atoms with van der Waals surface area (Å²) < 4.78 is 2.45. The number of rotatable bonds is 6. The fraction of sp³-hybridized carbons (Fsp3) is 0.263. The molecule has 0 aliphatic heterocycles. The van der Waals surface area contributed by atoms with Gasteiger partial charge in [0.25, 0.3) is 0 Å². The van der Waals surface area contributed by atoms with Crippen molar-refractivity contribution in [1.82, 2.24) is 4.57 Å². The summed E-state index contributed by atoms with van der Waals surface area (Å²) in [7, 11) is 3.90. The molecule has 136 valence electrons. The molecule has 26 heavy (non-hydrogen) atoms. The van der Waals surface area contributed by atoms with Gasteiger partial charge in [0, 0.05) is 32.0 Å². The topological polar surface area (TPSA) is 65.8 Å². The van der Waals surface area contributed by atoms with E-state index in [9.17, 15) is 14.7 Å². The van der Waals surface area contributed by atoms with Gasteiger partial charge in [-0.1, -0.05) is 6.07 Å². The molecule has 0 unspecified atom stereocenters. The molecule has 0 aliphatic rings. The zero-order valence-corrected chi connectivity index (χ0v) is 15.8. The van der Waals surface area contributed by atoms with Gasteiger partial charge in [-0.15, -0.1) is 11.3 Å². The number of likely N-dealkylation sites (N-methyl/N-ethyl adjacent to an activating group) is 1. The molecule has 7 heteroatoms. The van der Waals surface area contributed by atoms with Gasteiger partial charge in [-0.2, -0.15) is 0 Å². The standard InChI is InChI=1S/C19H21N3O3S/c1-4-21(14-7-5-6-13(10-14)20(2)3)18(23)12-22-15-8-9-26-17(15)11-16(22)19(24)25/h5-11H,4,12H2,1-3H3,(H,24,25). The number of aromatic carboxylic acids is 1. The third-order valence-corrected chi connectivity index (χ3v) is 5.16. The van der Waals surface area contributed by atoms with Crippen LogP contribution in [0.25, 0.3) is 10.2 Å². The predicted octanol–water partition coefficient (Wildman–Crippen LogP) is 3.52. The van der Waals surface area contributed by atoms with Crippen molar-refractivity contribution in [2.45, 2.75) is 13.5 Å². The van der Waals surface area contributed by atoms with Crippen LogP contribution in [0.2, 0.25) is 0 Å². The van der Waals surface area contributed by atoms with E-state index in [2.05, 4.69) is 0 Å². The predicted molar refractivity (Wildman–Crippen MR) is 106 cm³/mol. The monoisotopic (exact) mass is 371 g/mol. The van der Waals surface area contributed by atoms with Crippen molar-refractivity contribution in [3.05, 3.63) is 47.5 Å². The summed E-state index contributed by atoms with van der Waals surface area (Å²) in [4.78, 5) is 28.2. The van der Waals surface area contributed by atoms with E-state index in [0.29, 0.717) is 6.54 Å². The van der Waals surface area contributed by atoms with Crippen LogP contribution in [-0.4, -0.2) is 42.2 Å². The summed E-state index contributed by atoms with van der Waals surface area (Å²) in [6, 6.07) is 11.2. The number of fused-ring (bicyclic) bond motifs is 1. The highest BCUT2D eigenvalue weighted by Crippen LogP contribution is 2.26. The summed E-state index contributed by atoms with van der Waals surface area (Å²) in [5, 5.41) is 11.4. The average molecular weight is 371 g/mol. The summed E-state index contributed by atoms with van der Waals surface area (Å²) in [6.07, 6.45) is 0. The van der Waals surface area contributed by atoms with Crippen molar-refractivity contribution in [3.8, 4) is 0 Å². The van der Waals surface area contributed by atoms with E-state index in [1.54, 1.807) is 15.5 Å². The number of hydrogen-bond donors (Lipinski definition) is 1. The number of thiophene rings is 1. The second-order valence-electron chi connectivity index (χ2n) is 6.14. The lowest BCUT2D eigenvalue weighted by Crippen LogP contribution is -2.34. The Labute approximate surface area is 155 Å². The quantitative estimate of drug-likeness (QED) is 0.720. The van der Waals surface area contributed by atoms with E-state index in [1.807, 2.05) is 61.6 Å². The minimum Gasteiger partial charge on any atom is -0.477 e. The number of benzene rings is 1. The Kier molecular flexibility index (Phi) is 4.99. The van der Waals surface area contributed by atoms with Gasteiger partial charge in [0.2, 0.25) is 5.91 Å². The van der Waals surface area contributed by atoms with Crippen LogP contribution in [0.4, 0.5) is 11.4 Å². The highest BCUT2D eigenvalue weighted by atomic mass is 32.1. The number of carboxylic acid groups (broad SMARTS) is 1. The number of amides is 1. The van der Waals surface area contributed by atoms with Crippen molar-refractivity contribution in [2.75, 3.05) is 30.4 Å². The van der Waals surface area contributed by atoms with Crippen LogP contribution in [0, 0.1) is 0 Å². The second-order valence-corrected chi connectivity index (χ2v) is 7.09. The van der Waals surface area contributed by atoms with E-state index >= 15 is 0 Å². The van der Waals surface area contributed by atoms with Crippen molar-refractivity contribution in [3.63, 3.8) is 0 Å². The molecule has 1 aromatic carbocycles. The Balaban J connectivity index is 1.93. The van der Waals surface area contributed by atoms with E-state index in [4.69, 9.17) is 0 Å². The SMILES string of the molecule is CCN(C(=O)Cn1c(C(=O)O)cc2sccc21)c1cccc(N(C)C)c1. The smallest absolute Gasteiger partial charge is 0.352 e. The molecule has 2 heterocycles. The Hall–Kier alpha value is -2.80. The summed E-state index contributed by atoms with van der Waals surface area (Å²) in [5.74, 6) is -1.17. The first-order valence-corrected chi connectivity index (χ1v) is 9.18. The van der Waals surface area contributed by atoms with Gasteiger partial charge >= 0.3 is 5.97 Å². The van der Waals surface area contributed by atoms with Crippen LogP contribution < -0.4 is 9.80 Å². The minimum atomic E-state index is -1.03. The Bertz CT molecular complexity index is 958. The molecule has 6 nitrogen and oxygen atoms in total. The van der Waals surface area contributed by atoms with E-state index in [-0.39, 0.29) is 18.1 Å². The summed E-state index contributed by atoms with van der Waals surface area (Å²) in [5.41, 5.74) is 2.72. The van der Waals surface area contributed by atoms with Gasteiger partial charge in [-0.25, -0.2) is 4.79 Å². The highest BCUT2D eigenvalue weighted by Gasteiger charge is 2.21. The van der Waals surface area contributed by atoms with Gasteiger partial charge < -0.3 is 19.5 Å². The first-order chi connectivity index (χ1) is 12.4. The lowest BCUT2D eigenvalue weighted by Gasteiger charge is -2.23. The summed E-state index contributed by atoms with van der Waals surface area (Å²) >= 11 is 1.47. The van der Waals surface area contributed by atoms with Crippen LogP contribution >= 0.6 is 11.3 Å².